The molecule has 1 aliphatic carbocycles. The van der Waals surface area contributed by atoms with Crippen LogP contribution in [0.5, 0.6) is 0 Å². The predicted molar refractivity (Wildman–Crippen MR) is 57.8 cm³/mol. The average Bonchev–Trinajstić information content (AvgIpc) is 2.59. The van der Waals surface area contributed by atoms with Gasteiger partial charge in [-0.25, -0.2) is 4.79 Å². The van der Waals surface area contributed by atoms with Gasteiger partial charge in [-0.3, -0.25) is 0 Å². The van der Waals surface area contributed by atoms with Crippen LogP contribution in [0.2, 0.25) is 0 Å². The average molecular weight is 205 g/mol. The van der Waals surface area contributed by atoms with Crippen molar-refractivity contribution in [1.82, 2.24) is 5.32 Å². The maximum Gasteiger partial charge on any atom is 0.407 e. The van der Waals surface area contributed by atoms with Crippen molar-refractivity contribution in [3.05, 3.63) is 35.4 Å². The summed E-state index contributed by atoms with van der Waals surface area (Å²) in [6.45, 7) is 2.23. The van der Waals surface area contributed by atoms with Crippen LogP contribution in [0.3, 0.4) is 0 Å². The number of benzene rings is 1. The third-order valence-corrected chi connectivity index (χ3v) is 2.65. The first-order valence-electron chi connectivity index (χ1n) is 5.29. The van der Waals surface area contributed by atoms with Crippen LogP contribution < -0.4 is 5.32 Å². The smallest absolute Gasteiger partial charge is 0.407 e. The molecule has 0 saturated carbocycles. The Morgan fingerprint density at radius 1 is 1.40 bits per heavy atom. The second kappa shape index (κ2) is 4.34. The second-order valence-electron chi connectivity index (χ2n) is 3.74. The molecule has 0 aromatic heterocycles. The van der Waals surface area contributed by atoms with Crippen molar-refractivity contribution < 1.29 is 9.53 Å². The molecule has 1 aromatic carbocycles. The van der Waals surface area contributed by atoms with Gasteiger partial charge < -0.3 is 10.1 Å². The molecule has 0 spiro atoms. The Morgan fingerprint density at radius 3 is 2.53 bits per heavy atom. The largest absolute Gasteiger partial charge is 0.450 e. The molecular formula is C12H15NO2. The molecule has 0 unspecified atom stereocenters. The number of carbonyl (C=O) groups is 1. The van der Waals surface area contributed by atoms with Gasteiger partial charge in [-0.1, -0.05) is 24.3 Å². The van der Waals surface area contributed by atoms with Gasteiger partial charge in [0.05, 0.1) is 6.61 Å². The van der Waals surface area contributed by atoms with Crippen molar-refractivity contribution in [2.24, 2.45) is 0 Å². The maximum atomic E-state index is 11.2. The summed E-state index contributed by atoms with van der Waals surface area (Å²) in [6, 6.07) is 8.49. The lowest BCUT2D eigenvalue weighted by Gasteiger charge is -2.11. The molecule has 0 radical (unpaired) electrons. The molecule has 2 rings (SSSR count). The van der Waals surface area contributed by atoms with E-state index in [1.165, 1.54) is 11.1 Å². The minimum absolute atomic E-state index is 0.196. The summed E-state index contributed by atoms with van der Waals surface area (Å²) < 4.78 is 4.85. The number of hydrogen-bond donors (Lipinski definition) is 1. The molecule has 3 heteroatoms. The Kier molecular flexibility index (Phi) is 2.90. The fourth-order valence-corrected chi connectivity index (χ4v) is 2.00. The number of alkyl carbamates (subject to hydrolysis) is 1. The van der Waals surface area contributed by atoms with Crippen LogP contribution in [0.4, 0.5) is 4.79 Å². The highest BCUT2D eigenvalue weighted by Gasteiger charge is 2.22. The summed E-state index contributed by atoms with van der Waals surface area (Å²) in [4.78, 5) is 11.2. The van der Waals surface area contributed by atoms with E-state index in [-0.39, 0.29) is 12.1 Å². The highest BCUT2D eigenvalue weighted by atomic mass is 16.5. The SMILES string of the molecule is CCOC(=O)NC1Cc2ccccc2C1. The fraction of sp³-hybridized carbons (Fsp3) is 0.417. The Balaban J connectivity index is 1.93. The first-order chi connectivity index (χ1) is 7.29. The standard InChI is InChI=1S/C12H15NO2/c1-2-15-12(14)13-11-7-9-5-3-4-6-10(9)8-11/h3-6,11H,2,7-8H2,1H3,(H,13,14). The zero-order valence-electron chi connectivity index (χ0n) is 8.82. The van der Waals surface area contributed by atoms with Gasteiger partial charge in [-0.15, -0.1) is 0 Å². The van der Waals surface area contributed by atoms with Gasteiger partial charge in [-0.2, -0.15) is 0 Å². The van der Waals surface area contributed by atoms with Crippen LogP contribution in [0.25, 0.3) is 0 Å². The molecule has 1 aliphatic rings. The highest BCUT2D eigenvalue weighted by molar-refractivity contribution is 5.67. The number of rotatable bonds is 2. The number of amides is 1. The number of nitrogens with one attached hydrogen (secondary N) is 1. The summed E-state index contributed by atoms with van der Waals surface area (Å²) in [5.41, 5.74) is 2.67. The van der Waals surface area contributed by atoms with Crippen molar-refractivity contribution in [3.8, 4) is 0 Å². The molecule has 0 saturated heterocycles. The molecule has 0 fully saturated rings. The second-order valence-corrected chi connectivity index (χ2v) is 3.74. The van der Waals surface area contributed by atoms with E-state index >= 15 is 0 Å². The normalized spacial score (nSPS) is 14.7. The maximum absolute atomic E-state index is 11.2. The Hall–Kier alpha value is -1.51. The Labute approximate surface area is 89.4 Å². The lowest BCUT2D eigenvalue weighted by Crippen LogP contribution is -2.35. The molecule has 80 valence electrons. The molecule has 0 aliphatic heterocycles. The van der Waals surface area contributed by atoms with Crippen molar-refractivity contribution in [2.75, 3.05) is 6.61 Å². The Bertz CT molecular complexity index is 337. The van der Waals surface area contributed by atoms with E-state index in [0.29, 0.717) is 6.61 Å². The lowest BCUT2D eigenvalue weighted by atomic mass is 10.1. The zero-order chi connectivity index (χ0) is 10.7. The van der Waals surface area contributed by atoms with Crippen LogP contribution in [-0.2, 0) is 17.6 Å². The van der Waals surface area contributed by atoms with E-state index in [2.05, 4.69) is 17.4 Å². The predicted octanol–water partition coefficient (Wildman–Crippen LogP) is 1.90. The minimum atomic E-state index is -0.310. The van der Waals surface area contributed by atoms with E-state index in [9.17, 15) is 4.79 Å². The summed E-state index contributed by atoms with van der Waals surface area (Å²) in [7, 11) is 0. The quantitative estimate of drug-likeness (QED) is 0.800. The Morgan fingerprint density at radius 2 is 2.00 bits per heavy atom. The number of ether oxygens (including phenoxy) is 1. The summed E-state index contributed by atoms with van der Waals surface area (Å²) in [5.74, 6) is 0. The van der Waals surface area contributed by atoms with Gasteiger partial charge in [0.1, 0.15) is 0 Å². The molecule has 1 N–H and O–H groups in total. The zero-order valence-corrected chi connectivity index (χ0v) is 8.82. The number of carbonyl (C=O) groups excluding carboxylic acids is 1. The molecule has 0 atom stereocenters. The first kappa shape index (κ1) is 10.0. The van der Waals surface area contributed by atoms with E-state index in [1.54, 1.807) is 0 Å². The van der Waals surface area contributed by atoms with Crippen LogP contribution in [-0.4, -0.2) is 18.7 Å². The molecule has 3 nitrogen and oxygen atoms in total. The molecular weight excluding hydrogens is 190 g/mol. The monoisotopic (exact) mass is 205 g/mol. The molecule has 1 aromatic rings. The number of hydrogen-bond acceptors (Lipinski definition) is 2. The van der Waals surface area contributed by atoms with Crippen molar-refractivity contribution in [1.29, 1.82) is 0 Å². The van der Waals surface area contributed by atoms with Crippen LogP contribution in [0.15, 0.2) is 24.3 Å². The van der Waals surface area contributed by atoms with Gasteiger partial charge in [-0.05, 0) is 30.9 Å². The fourth-order valence-electron chi connectivity index (χ4n) is 2.00. The van der Waals surface area contributed by atoms with E-state index in [1.807, 2.05) is 19.1 Å². The number of fused-ring (bicyclic) bond motifs is 1. The van der Waals surface area contributed by atoms with Crippen LogP contribution in [0.1, 0.15) is 18.1 Å². The third-order valence-electron chi connectivity index (χ3n) is 2.65. The van der Waals surface area contributed by atoms with E-state index in [0.717, 1.165) is 12.8 Å². The topological polar surface area (TPSA) is 38.3 Å². The van der Waals surface area contributed by atoms with Crippen molar-refractivity contribution in [2.45, 2.75) is 25.8 Å². The van der Waals surface area contributed by atoms with Gasteiger partial charge in [0.15, 0.2) is 0 Å². The van der Waals surface area contributed by atoms with Gasteiger partial charge >= 0.3 is 6.09 Å². The van der Waals surface area contributed by atoms with E-state index in [4.69, 9.17) is 4.74 Å². The first-order valence-corrected chi connectivity index (χ1v) is 5.29. The molecule has 0 heterocycles. The van der Waals surface area contributed by atoms with Gasteiger partial charge in [0.2, 0.25) is 0 Å². The highest BCUT2D eigenvalue weighted by Crippen LogP contribution is 2.21. The van der Waals surface area contributed by atoms with Crippen molar-refractivity contribution >= 4 is 6.09 Å². The third kappa shape index (κ3) is 2.29. The van der Waals surface area contributed by atoms with Crippen LogP contribution in [0, 0.1) is 0 Å². The van der Waals surface area contributed by atoms with Crippen molar-refractivity contribution in [3.63, 3.8) is 0 Å². The minimum Gasteiger partial charge on any atom is -0.450 e. The summed E-state index contributed by atoms with van der Waals surface area (Å²) in [5, 5.41) is 2.87. The molecule has 0 bridgehead atoms. The van der Waals surface area contributed by atoms with Gasteiger partial charge in [0, 0.05) is 6.04 Å². The molecule has 1 amide bonds. The summed E-state index contributed by atoms with van der Waals surface area (Å²) in [6.07, 6.45) is 1.51. The summed E-state index contributed by atoms with van der Waals surface area (Å²) >= 11 is 0. The van der Waals surface area contributed by atoms with Crippen LogP contribution >= 0.6 is 0 Å². The lowest BCUT2D eigenvalue weighted by molar-refractivity contribution is 0.148. The molecule has 15 heavy (non-hydrogen) atoms. The van der Waals surface area contributed by atoms with Gasteiger partial charge in [0.25, 0.3) is 0 Å². The van der Waals surface area contributed by atoms with E-state index < -0.39 is 0 Å².